The zero-order valence-electron chi connectivity index (χ0n) is 6.84. The molecule has 1 fully saturated rings. The molecule has 1 atom stereocenters. The lowest BCUT2D eigenvalue weighted by Gasteiger charge is -2.15. The van der Waals surface area contributed by atoms with Crippen molar-refractivity contribution in [3.63, 3.8) is 0 Å². The highest BCUT2D eigenvalue weighted by Crippen LogP contribution is 2.27. The van der Waals surface area contributed by atoms with E-state index in [0.29, 0.717) is 0 Å². The van der Waals surface area contributed by atoms with E-state index in [1.54, 1.807) is 7.05 Å². The molecule has 1 amide bonds. The van der Waals surface area contributed by atoms with Gasteiger partial charge in [0.15, 0.2) is 0 Å². The Morgan fingerprint density at radius 2 is 2.09 bits per heavy atom. The van der Waals surface area contributed by atoms with Gasteiger partial charge in [-0.1, -0.05) is 12.8 Å². The van der Waals surface area contributed by atoms with Crippen molar-refractivity contribution in [3.05, 3.63) is 0 Å². The van der Waals surface area contributed by atoms with Gasteiger partial charge in [-0.3, -0.25) is 4.79 Å². The Kier molecular flexibility index (Phi) is 2.88. The van der Waals surface area contributed by atoms with Crippen molar-refractivity contribution in [3.8, 4) is 0 Å². The first kappa shape index (κ1) is 8.53. The normalized spacial score (nSPS) is 21.6. The van der Waals surface area contributed by atoms with E-state index in [1.165, 1.54) is 0 Å². The second kappa shape index (κ2) is 3.72. The predicted octanol–water partition coefficient (Wildman–Crippen LogP) is 0.283. The van der Waals surface area contributed by atoms with Crippen molar-refractivity contribution in [2.24, 2.45) is 5.92 Å². The number of amides is 1. The first-order valence-electron chi connectivity index (χ1n) is 4.15. The number of aliphatic hydroxyl groups excluding tert-OH is 1. The monoisotopic (exact) mass is 157 g/mol. The lowest BCUT2D eigenvalue weighted by atomic mass is 10.0. The molecule has 0 aromatic heterocycles. The lowest BCUT2D eigenvalue weighted by Crippen LogP contribution is -2.36. The fraction of sp³-hybridized carbons (Fsp3) is 0.875. The van der Waals surface area contributed by atoms with Gasteiger partial charge < -0.3 is 10.4 Å². The van der Waals surface area contributed by atoms with Gasteiger partial charge in [0.2, 0.25) is 5.91 Å². The maximum Gasteiger partial charge on any atom is 0.248 e. The minimum absolute atomic E-state index is 0.204. The van der Waals surface area contributed by atoms with E-state index < -0.39 is 6.10 Å². The van der Waals surface area contributed by atoms with Crippen LogP contribution in [0.2, 0.25) is 0 Å². The average molecular weight is 157 g/mol. The van der Waals surface area contributed by atoms with Gasteiger partial charge in [-0.05, 0) is 18.8 Å². The molecule has 1 saturated carbocycles. The minimum Gasteiger partial charge on any atom is -0.383 e. The van der Waals surface area contributed by atoms with Crippen LogP contribution in [0.4, 0.5) is 0 Å². The highest BCUT2D eigenvalue weighted by molar-refractivity contribution is 5.80. The maximum absolute atomic E-state index is 10.9. The van der Waals surface area contributed by atoms with Crippen LogP contribution in [-0.2, 0) is 4.79 Å². The molecule has 64 valence electrons. The molecule has 0 radical (unpaired) electrons. The van der Waals surface area contributed by atoms with Gasteiger partial charge in [0.25, 0.3) is 0 Å². The molecule has 1 unspecified atom stereocenters. The third-order valence-electron chi connectivity index (χ3n) is 2.36. The molecule has 1 aliphatic carbocycles. The molecule has 1 aliphatic rings. The molecule has 11 heavy (non-hydrogen) atoms. The quantitative estimate of drug-likeness (QED) is 0.605. The fourth-order valence-electron chi connectivity index (χ4n) is 1.64. The third-order valence-corrected chi connectivity index (χ3v) is 2.36. The summed E-state index contributed by atoms with van der Waals surface area (Å²) in [5.41, 5.74) is 0. The molecule has 0 aromatic carbocycles. The number of likely N-dealkylation sites (N-methyl/N-ethyl adjacent to an activating group) is 1. The van der Waals surface area contributed by atoms with E-state index in [1.807, 2.05) is 0 Å². The van der Waals surface area contributed by atoms with Crippen LogP contribution in [0.3, 0.4) is 0 Å². The highest BCUT2D eigenvalue weighted by Gasteiger charge is 2.27. The summed E-state index contributed by atoms with van der Waals surface area (Å²) in [7, 11) is 1.56. The summed E-state index contributed by atoms with van der Waals surface area (Å²) in [6, 6.07) is 0. The Hall–Kier alpha value is -0.570. The summed E-state index contributed by atoms with van der Waals surface area (Å²) in [6.07, 6.45) is 3.52. The maximum atomic E-state index is 10.9. The molecule has 3 heteroatoms. The Morgan fingerprint density at radius 3 is 2.55 bits per heavy atom. The first-order chi connectivity index (χ1) is 5.25. The van der Waals surface area contributed by atoms with E-state index in [9.17, 15) is 9.90 Å². The summed E-state index contributed by atoms with van der Waals surface area (Å²) in [5.74, 6) is -0.0353. The number of rotatable bonds is 2. The van der Waals surface area contributed by atoms with E-state index in [0.717, 1.165) is 25.7 Å². The molecule has 0 heterocycles. The minimum atomic E-state index is -0.775. The molecule has 0 aromatic rings. The van der Waals surface area contributed by atoms with Crippen molar-refractivity contribution in [2.75, 3.05) is 7.05 Å². The Morgan fingerprint density at radius 1 is 1.55 bits per heavy atom. The molecule has 0 saturated heterocycles. The second-order valence-corrected chi connectivity index (χ2v) is 3.10. The number of carbonyl (C=O) groups excluding carboxylic acids is 1. The van der Waals surface area contributed by atoms with Gasteiger partial charge in [-0.25, -0.2) is 0 Å². The van der Waals surface area contributed by atoms with Crippen LogP contribution in [0.25, 0.3) is 0 Å². The molecule has 0 aliphatic heterocycles. The van der Waals surface area contributed by atoms with Crippen molar-refractivity contribution in [2.45, 2.75) is 31.8 Å². The summed E-state index contributed by atoms with van der Waals surface area (Å²) >= 11 is 0. The Labute approximate surface area is 66.8 Å². The largest absolute Gasteiger partial charge is 0.383 e. The van der Waals surface area contributed by atoms with Crippen LogP contribution in [0, 0.1) is 5.92 Å². The highest BCUT2D eigenvalue weighted by atomic mass is 16.3. The van der Waals surface area contributed by atoms with E-state index in [2.05, 4.69) is 5.32 Å². The van der Waals surface area contributed by atoms with Crippen LogP contribution >= 0.6 is 0 Å². The first-order valence-corrected chi connectivity index (χ1v) is 4.15. The van der Waals surface area contributed by atoms with Crippen LogP contribution in [-0.4, -0.2) is 24.2 Å². The van der Waals surface area contributed by atoms with Gasteiger partial charge in [0.05, 0.1) is 0 Å². The zero-order valence-corrected chi connectivity index (χ0v) is 6.84. The number of carbonyl (C=O) groups is 1. The Bertz CT molecular complexity index is 141. The molecule has 3 nitrogen and oxygen atoms in total. The van der Waals surface area contributed by atoms with Crippen LogP contribution in [0.15, 0.2) is 0 Å². The van der Waals surface area contributed by atoms with Crippen molar-refractivity contribution >= 4 is 5.91 Å². The smallest absolute Gasteiger partial charge is 0.248 e. The number of hydrogen-bond acceptors (Lipinski definition) is 2. The van der Waals surface area contributed by atoms with Gasteiger partial charge in [0.1, 0.15) is 6.10 Å². The van der Waals surface area contributed by atoms with E-state index >= 15 is 0 Å². The number of aliphatic hydroxyl groups is 1. The molecule has 0 bridgehead atoms. The molecule has 1 rings (SSSR count). The van der Waals surface area contributed by atoms with Crippen molar-refractivity contribution < 1.29 is 9.90 Å². The van der Waals surface area contributed by atoms with Gasteiger partial charge in [-0.15, -0.1) is 0 Å². The standard InChI is InChI=1S/C8H15NO2/c1-9-8(11)7(10)6-4-2-3-5-6/h6-7,10H,2-5H2,1H3,(H,9,11). The van der Waals surface area contributed by atoms with E-state index in [-0.39, 0.29) is 11.8 Å². The van der Waals surface area contributed by atoms with Gasteiger partial charge in [0, 0.05) is 7.05 Å². The van der Waals surface area contributed by atoms with Gasteiger partial charge in [-0.2, -0.15) is 0 Å². The predicted molar refractivity (Wildman–Crippen MR) is 42.0 cm³/mol. The van der Waals surface area contributed by atoms with Crippen molar-refractivity contribution in [1.82, 2.24) is 5.32 Å². The number of hydrogen-bond donors (Lipinski definition) is 2. The van der Waals surface area contributed by atoms with Gasteiger partial charge >= 0.3 is 0 Å². The van der Waals surface area contributed by atoms with Crippen LogP contribution in [0.1, 0.15) is 25.7 Å². The lowest BCUT2D eigenvalue weighted by molar-refractivity contribution is -0.131. The summed E-state index contributed by atoms with van der Waals surface area (Å²) < 4.78 is 0. The summed E-state index contributed by atoms with van der Waals surface area (Å²) in [4.78, 5) is 10.9. The van der Waals surface area contributed by atoms with E-state index in [4.69, 9.17) is 0 Å². The summed E-state index contributed by atoms with van der Waals surface area (Å²) in [6.45, 7) is 0. The molecular formula is C8H15NO2. The molecular weight excluding hydrogens is 142 g/mol. The van der Waals surface area contributed by atoms with Crippen molar-refractivity contribution in [1.29, 1.82) is 0 Å². The average Bonchev–Trinajstić information content (AvgIpc) is 2.53. The molecule has 0 spiro atoms. The molecule has 2 N–H and O–H groups in total. The topological polar surface area (TPSA) is 49.3 Å². The zero-order chi connectivity index (χ0) is 8.27. The third kappa shape index (κ3) is 1.93. The Balaban J connectivity index is 2.39. The van der Waals surface area contributed by atoms with Crippen LogP contribution < -0.4 is 5.32 Å². The summed E-state index contributed by atoms with van der Waals surface area (Å²) in [5, 5.41) is 11.9. The second-order valence-electron chi connectivity index (χ2n) is 3.10. The SMILES string of the molecule is CNC(=O)C(O)C1CCCC1. The number of nitrogens with one attached hydrogen (secondary N) is 1. The van der Waals surface area contributed by atoms with Crippen LogP contribution in [0.5, 0.6) is 0 Å². The fourth-order valence-corrected chi connectivity index (χ4v) is 1.64.